The van der Waals surface area contributed by atoms with Crippen LogP contribution in [0.4, 0.5) is 0 Å². The Morgan fingerprint density at radius 3 is 2.71 bits per heavy atom. The highest BCUT2D eigenvalue weighted by atomic mass is 16.5. The van der Waals surface area contributed by atoms with E-state index in [-0.39, 0.29) is 11.4 Å². The third-order valence-corrected chi connectivity index (χ3v) is 3.03. The first-order valence-electron chi connectivity index (χ1n) is 6.22. The SMILES string of the molecule is Cc1ccc(Oc2cc(O)c3[nH]c(C(=O)O)cc3c2)cn1. The minimum absolute atomic E-state index is 0.00875. The molecule has 0 amide bonds. The molecular formula is C15H12N2O4. The van der Waals surface area contributed by atoms with E-state index in [0.29, 0.717) is 22.4 Å². The fraction of sp³-hybridized carbons (Fsp3) is 0.0667. The van der Waals surface area contributed by atoms with Crippen molar-refractivity contribution in [3.63, 3.8) is 0 Å². The van der Waals surface area contributed by atoms with Crippen LogP contribution < -0.4 is 4.74 Å². The summed E-state index contributed by atoms with van der Waals surface area (Å²) < 4.78 is 5.61. The summed E-state index contributed by atoms with van der Waals surface area (Å²) in [6.07, 6.45) is 1.58. The molecule has 2 aromatic heterocycles. The van der Waals surface area contributed by atoms with Gasteiger partial charge in [0.25, 0.3) is 0 Å². The number of benzene rings is 1. The Hall–Kier alpha value is -3.02. The zero-order valence-electron chi connectivity index (χ0n) is 11.1. The number of phenols is 1. The largest absolute Gasteiger partial charge is 0.506 e. The Kier molecular flexibility index (Phi) is 2.98. The van der Waals surface area contributed by atoms with Gasteiger partial charge in [0.2, 0.25) is 0 Å². The number of pyridine rings is 1. The Balaban J connectivity index is 1.99. The van der Waals surface area contributed by atoms with Gasteiger partial charge in [0.15, 0.2) is 0 Å². The van der Waals surface area contributed by atoms with Gasteiger partial charge in [0.1, 0.15) is 22.9 Å². The van der Waals surface area contributed by atoms with Gasteiger partial charge in [-0.3, -0.25) is 4.98 Å². The van der Waals surface area contributed by atoms with Gasteiger partial charge in [-0.1, -0.05) is 0 Å². The second kappa shape index (κ2) is 4.82. The van der Waals surface area contributed by atoms with E-state index >= 15 is 0 Å². The zero-order valence-corrected chi connectivity index (χ0v) is 11.1. The predicted octanol–water partition coefficient (Wildman–Crippen LogP) is 3.07. The third kappa shape index (κ3) is 2.51. The number of nitrogens with zero attached hydrogens (tertiary/aromatic N) is 1. The minimum atomic E-state index is -1.09. The number of aromatic amines is 1. The maximum Gasteiger partial charge on any atom is 0.352 e. The molecule has 3 N–H and O–H groups in total. The first-order valence-corrected chi connectivity index (χ1v) is 6.22. The molecule has 3 aromatic rings. The van der Waals surface area contributed by atoms with Crippen LogP contribution in [-0.2, 0) is 0 Å². The number of nitrogens with one attached hydrogen (secondary N) is 1. The summed E-state index contributed by atoms with van der Waals surface area (Å²) in [5.41, 5.74) is 1.24. The molecule has 0 aliphatic carbocycles. The number of fused-ring (bicyclic) bond motifs is 1. The van der Waals surface area contributed by atoms with Crippen molar-refractivity contribution >= 4 is 16.9 Å². The van der Waals surface area contributed by atoms with Crippen molar-refractivity contribution in [2.24, 2.45) is 0 Å². The van der Waals surface area contributed by atoms with Crippen molar-refractivity contribution in [2.75, 3.05) is 0 Å². The van der Waals surface area contributed by atoms with E-state index in [1.165, 1.54) is 12.1 Å². The fourth-order valence-corrected chi connectivity index (χ4v) is 2.02. The molecule has 106 valence electrons. The lowest BCUT2D eigenvalue weighted by molar-refractivity contribution is 0.0691. The monoisotopic (exact) mass is 284 g/mol. The lowest BCUT2D eigenvalue weighted by atomic mass is 10.2. The maximum atomic E-state index is 10.9. The number of ether oxygens (including phenoxy) is 1. The average molecular weight is 284 g/mol. The lowest BCUT2D eigenvalue weighted by Crippen LogP contribution is -1.94. The van der Waals surface area contributed by atoms with Crippen LogP contribution in [0.3, 0.4) is 0 Å². The van der Waals surface area contributed by atoms with Gasteiger partial charge in [-0.2, -0.15) is 0 Å². The normalized spacial score (nSPS) is 10.7. The number of carboxylic acids is 1. The minimum Gasteiger partial charge on any atom is -0.506 e. The zero-order chi connectivity index (χ0) is 15.0. The molecule has 0 radical (unpaired) electrons. The maximum absolute atomic E-state index is 10.9. The fourth-order valence-electron chi connectivity index (χ4n) is 2.02. The summed E-state index contributed by atoms with van der Waals surface area (Å²) in [6, 6.07) is 8.09. The van der Waals surface area contributed by atoms with E-state index in [9.17, 15) is 9.90 Å². The van der Waals surface area contributed by atoms with Gasteiger partial charge in [-0.25, -0.2) is 4.79 Å². The number of aryl methyl sites for hydroxylation is 1. The molecule has 6 heteroatoms. The molecule has 0 saturated heterocycles. The average Bonchev–Trinajstić information content (AvgIpc) is 2.86. The molecule has 3 rings (SSSR count). The van der Waals surface area contributed by atoms with Crippen LogP contribution in [0.25, 0.3) is 10.9 Å². The van der Waals surface area contributed by atoms with Crippen molar-refractivity contribution in [3.8, 4) is 17.2 Å². The molecule has 0 bridgehead atoms. The van der Waals surface area contributed by atoms with Gasteiger partial charge in [-0.05, 0) is 31.2 Å². The first-order chi connectivity index (χ1) is 10.0. The highest BCUT2D eigenvalue weighted by Gasteiger charge is 2.12. The van der Waals surface area contributed by atoms with E-state index in [1.807, 2.05) is 13.0 Å². The summed E-state index contributed by atoms with van der Waals surface area (Å²) in [5.74, 6) is -0.221. The van der Waals surface area contributed by atoms with E-state index < -0.39 is 5.97 Å². The molecule has 2 heterocycles. The quantitative estimate of drug-likeness (QED) is 0.687. The van der Waals surface area contributed by atoms with Crippen LogP contribution >= 0.6 is 0 Å². The molecular weight excluding hydrogens is 272 g/mol. The number of aromatic hydroxyl groups is 1. The molecule has 0 atom stereocenters. The molecule has 0 saturated carbocycles. The highest BCUT2D eigenvalue weighted by Crippen LogP contribution is 2.32. The second-order valence-corrected chi connectivity index (χ2v) is 4.63. The van der Waals surface area contributed by atoms with Crippen LogP contribution in [0.15, 0.2) is 36.5 Å². The van der Waals surface area contributed by atoms with E-state index in [1.54, 1.807) is 18.3 Å². The van der Waals surface area contributed by atoms with Crippen LogP contribution in [0.5, 0.6) is 17.2 Å². The predicted molar refractivity (Wildman–Crippen MR) is 76.0 cm³/mol. The molecule has 0 aliphatic rings. The van der Waals surface area contributed by atoms with Gasteiger partial charge in [0, 0.05) is 17.1 Å². The smallest absolute Gasteiger partial charge is 0.352 e. The summed E-state index contributed by atoms with van der Waals surface area (Å²) in [4.78, 5) is 17.7. The highest BCUT2D eigenvalue weighted by molar-refractivity contribution is 5.96. The molecule has 0 aliphatic heterocycles. The Labute approximate surface area is 119 Å². The van der Waals surface area contributed by atoms with Crippen molar-refractivity contribution in [1.29, 1.82) is 0 Å². The third-order valence-electron chi connectivity index (χ3n) is 3.03. The molecule has 0 unspecified atom stereocenters. The lowest BCUT2D eigenvalue weighted by Gasteiger charge is -2.06. The number of aromatic nitrogens is 2. The summed E-state index contributed by atoms with van der Waals surface area (Å²) >= 11 is 0. The molecule has 0 fully saturated rings. The Bertz CT molecular complexity index is 822. The Morgan fingerprint density at radius 2 is 2.05 bits per heavy atom. The number of hydrogen-bond acceptors (Lipinski definition) is 4. The standard InChI is InChI=1S/C15H12N2O4/c1-8-2-3-10(7-16-8)21-11-4-9-5-12(15(19)20)17-14(9)13(18)6-11/h2-7,17-18H,1H3,(H,19,20). The van der Waals surface area contributed by atoms with E-state index in [0.717, 1.165) is 5.69 Å². The number of hydrogen-bond donors (Lipinski definition) is 3. The van der Waals surface area contributed by atoms with E-state index in [2.05, 4.69) is 9.97 Å². The van der Waals surface area contributed by atoms with Gasteiger partial charge in [0.05, 0.1) is 11.7 Å². The van der Waals surface area contributed by atoms with Crippen molar-refractivity contribution in [3.05, 3.63) is 47.9 Å². The topological polar surface area (TPSA) is 95.4 Å². The summed E-state index contributed by atoms with van der Waals surface area (Å²) in [7, 11) is 0. The van der Waals surface area contributed by atoms with Gasteiger partial charge < -0.3 is 19.9 Å². The second-order valence-electron chi connectivity index (χ2n) is 4.63. The molecule has 6 nitrogen and oxygen atoms in total. The number of carbonyl (C=O) groups is 1. The van der Waals surface area contributed by atoms with Crippen LogP contribution in [0, 0.1) is 6.92 Å². The van der Waals surface area contributed by atoms with Crippen LogP contribution in [0.2, 0.25) is 0 Å². The Morgan fingerprint density at radius 1 is 1.24 bits per heavy atom. The van der Waals surface area contributed by atoms with Gasteiger partial charge >= 0.3 is 5.97 Å². The van der Waals surface area contributed by atoms with Crippen LogP contribution in [-0.4, -0.2) is 26.2 Å². The van der Waals surface area contributed by atoms with Crippen molar-refractivity contribution < 1.29 is 19.7 Å². The molecule has 21 heavy (non-hydrogen) atoms. The van der Waals surface area contributed by atoms with Crippen molar-refractivity contribution in [1.82, 2.24) is 9.97 Å². The summed E-state index contributed by atoms with van der Waals surface area (Å²) in [5, 5.41) is 19.5. The van der Waals surface area contributed by atoms with Gasteiger partial charge in [-0.15, -0.1) is 0 Å². The van der Waals surface area contributed by atoms with Crippen molar-refractivity contribution in [2.45, 2.75) is 6.92 Å². The van der Waals surface area contributed by atoms with E-state index in [4.69, 9.17) is 9.84 Å². The molecule has 0 spiro atoms. The number of aromatic carboxylic acids is 1. The number of H-pyrrole nitrogens is 1. The number of phenolic OH excluding ortho intramolecular Hbond substituents is 1. The molecule has 1 aromatic carbocycles. The first kappa shape index (κ1) is 13.0. The summed E-state index contributed by atoms with van der Waals surface area (Å²) in [6.45, 7) is 1.87. The van der Waals surface area contributed by atoms with Crippen LogP contribution in [0.1, 0.15) is 16.2 Å². The number of carboxylic acid groups (broad SMARTS) is 1. The number of rotatable bonds is 3.